The lowest BCUT2D eigenvalue weighted by Gasteiger charge is -2.18. The molecule has 0 amide bonds. The van der Waals surface area contributed by atoms with Crippen molar-refractivity contribution in [3.63, 3.8) is 0 Å². The van der Waals surface area contributed by atoms with Crippen molar-refractivity contribution >= 4 is 5.95 Å². The number of rotatable bonds is 4. The Bertz CT molecular complexity index is 704. The fourth-order valence-electron chi connectivity index (χ4n) is 2.62. The highest BCUT2D eigenvalue weighted by atomic mass is 16.5. The van der Waals surface area contributed by atoms with Crippen LogP contribution < -0.4 is 5.32 Å². The maximum Gasteiger partial charge on any atom is 0.224 e. The summed E-state index contributed by atoms with van der Waals surface area (Å²) in [5.74, 6) is 0.472. The Hall–Kier alpha value is -2.46. The molecule has 1 aliphatic rings. The summed E-state index contributed by atoms with van der Waals surface area (Å²) in [5, 5.41) is 16.6. The molecule has 7 nitrogen and oxygen atoms in total. The zero-order valence-corrected chi connectivity index (χ0v) is 12.7. The molecule has 0 bridgehead atoms. The molecule has 22 heavy (non-hydrogen) atoms. The normalized spacial score (nSPS) is 20.8. The molecule has 7 heteroatoms. The predicted octanol–water partition coefficient (Wildman–Crippen LogP) is 1.82. The minimum atomic E-state index is -0.0741. The third-order valence-corrected chi connectivity index (χ3v) is 3.68. The van der Waals surface area contributed by atoms with E-state index in [1.807, 2.05) is 30.9 Å². The standard InChI is InChI=1S/C15H18N6O/c1-3-21-9-11(8-17-21)14-13(4-5-22-14)20-15-18-10(2)6-12(7-16)19-15/h6,8-9,13-14H,3-5H2,1-2H3,(H,18,19,20)/t13-,14+/m0/s1. The average Bonchev–Trinajstić information content (AvgIpc) is 3.14. The van der Waals surface area contributed by atoms with E-state index < -0.39 is 0 Å². The molecule has 2 aromatic rings. The highest BCUT2D eigenvalue weighted by molar-refractivity contribution is 5.35. The molecule has 0 aliphatic carbocycles. The molecule has 1 fully saturated rings. The Morgan fingerprint density at radius 1 is 1.50 bits per heavy atom. The summed E-state index contributed by atoms with van der Waals surface area (Å²) in [5.41, 5.74) is 2.18. The second kappa shape index (κ2) is 6.12. The van der Waals surface area contributed by atoms with Gasteiger partial charge in [0.1, 0.15) is 17.9 Å². The lowest BCUT2D eigenvalue weighted by atomic mass is 10.1. The monoisotopic (exact) mass is 298 g/mol. The van der Waals surface area contributed by atoms with Gasteiger partial charge in [0.15, 0.2) is 0 Å². The van der Waals surface area contributed by atoms with Gasteiger partial charge in [0.2, 0.25) is 5.95 Å². The van der Waals surface area contributed by atoms with Crippen LogP contribution in [-0.2, 0) is 11.3 Å². The van der Waals surface area contributed by atoms with Gasteiger partial charge in [-0.05, 0) is 26.3 Å². The fraction of sp³-hybridized carbons (Fsp3) is 0.467. The van der Waals surface area contributed by atoms with Gasteiger partial charge in [-0.25, -0.2) is 9.97 Å². The molecule has 1 aliphatic heterocycles. The fourth-order valence-corrected chi connectivity index (χ4v) is 2.62. The van der Waals surface area contributed by atoms with Gasteiger partial charge < -0.3 is 10.1 Å². The smallest absolute Gasteiger partial charge is 0.224 e. The van der Waals surface area contributed by atoms with Gasteiger partial charge in [0.05, 0.1) is 12.2 Å². The summed E-state index contributed by atoms with van der Waals surface area (Å²) in [7, 11) is 0. The van der Waals surface area contributed by atoms with Crippen LogP contribution >= 0.6 is 0 Å². The van der Waals surface area contributed by atoms with Crippen LogP contribution in [0.5, 0.6) is 0 Å². The van der Waals surface area contributed by atoms with Crippen LogP contribution in [0.4, 0.5) is 5.95 Å². The van der Waals surface area contributed by atoms with Crippen molar-refractivity contribution in [3.05, 3.63) is 35.4 Å². The van der Waals surface area contributed by atoms with Crippen molar-refractivity contribution < 1.29 is 4.74 Å². The molecule has 0 spiro atoms. The quantitative estimate of drug-likeness (QED) is 0.926. The van der Waals surface area contributed by atoms with Crippen molar-refractivity contribution in [1.29, 1.82) is 5.26 Å². The van der Waals surface area contributed by atoms with Gasteiger partial charge in [-0.15, -0.1) is 0 Å². The van der Waals surface area contributed by atoms with Crippen LogP contribution in [0.1, 0.15) is 36.4 Å². The molecule has 0 radical (unpaired) electrons. The zero-order chi connectivity index (χ0) is 15.5. The van der Waals surface area contributed by atoms with Crippen molar-refractivity contribution in [1.82, 2.24) is 19.7 Å². The van der Waals surface area contributed by atoms with E-state index in [2.05, 4.69) is 26.5 Å². The lowest BCUT2D eigenvalue weighted by molar-refractivity contribution is 0.107. The Balaban J connectivity index is 1.79. The maximum absolute atomic E-state index is 9.00. The molecule has 0 aromatic carbocycles. The molecule has 0 saturated carbocycles. The highest BCUT2D eigenvalue weighted by Gasteiger charge is 2.31. The van der Waals surface area contributed by atoms with Gasteiger partial charge in [0.25, 0.3) is 0 Å². The Kier molecular flexibility index (Phi) is 4.02. The number of hydrogen-bond donors (Lipinski definition) is 1. The van der Waals surface area contributed by atoms with E-state index >= 15 is 0 Å². The first-order valence-electron chi connectivity index (χ1n) is 7.36. The number of aromatic nitrogens is 4. The molecule has 3 rings (SSSR count). The maximum atomic E-state index is 9.00. The van der Waals surface area contributed by atoms with E-state index in [9.17, 15) is 0 Å². The number of anilines is 1. The van der Waals surface area contributed by atoms with Crippen LogP contribution in [-0.4, -0.2) is 32.4 Å². The van der Waals surface area contributed by atoms with Crippen LogP contribution in [0.15, 0.2) is 18.5 Å². The average molecular weight is 298 g/mol. The summed E-state index contributed by atoms with van der Waals surface area (Å²) in [6, 6.07) is 3.79. The summed E-state index contributed by atoms with van der Waals surface area (Å²) < 4.78 is 7.71. The van der Waals surface area contributed by atoms with Gasteiger partial charge in [0, 0.05) is 30.6 Å². The zero-order valence-electron chi connectivity index (χ0n) is 12.7. The molecule has 1 saturated heterocycles. The molecule has 3 heterocycles. The van der Waals surface area contributed by atoms with Gasteiger partial charge in [-0.1, -0.05) is 0 Å². The Labute approximate surface area is 129 Å². The number of ether oxygens (including phenoxy) is 1. The first-order chi connectivity index (χ1) is 10.7. The van der Waals surface area contributed by atoms with Crippen molar-refractivity contribution in [2.45, 2.75) is 39.0 Å². The number of hydrogen-bond acceptors (Lipinski definition) is 6. The van der Waals surface area contributed by atoms with E-state index in [0.29, 0.717) is 18.2 Å². The minimum absolute atomic E-state index is 0.0721. The summed E-state index contributed by atoms with van der Waals surface area (Å²) in [6.45, 7) is 5.40. The number of nitrogens with zero attached hydrogens (tertiary/aromatic N) is 5. The summed E-state index contributed by atoms with van der Waals surface area (Å²) in [6.07, 6.45) is 4.63. The molecule has 2 aromatic heterocycles. The first-order valence-corrected chi connectivity index (χ1v) is 7.36. The van der Waals surface area contributed by atoms with Gasteiger partial charge in [-0.2, -0.15) is 10.4 Å². The highest BCUT2D eigenvalue weighted by Crippen LogP contribution is 2.30. The molecular formula is C15H18N6O. The lowest BCUT2D eigenvalue weighted by Crippen LogP contribution is -2.24. The summed E-state index contributed by atoms with van der Waals surface area (Å²) in [4.78, 5) is 8.55. The second-order valence-corrected chi connectivity index (χ2v) is 5.29. The van der Waals surface area contributed by atoms with E-state index in [1.54, 1.807) is 6.07 Å². The van der Waals surface area contributed by atoms with Crippen molar-refractivity contribution in [3.8, 4) is 6.07 Å². The second-order valence-electron chi connectivity index (χ2n) is 5.29. The SMILES string of the molecule is CCn1cc([C@H]2OCC[C@@H]2Nc2nc(C)cc(C#N)n2)cn1. The van der Waals surface area contributed by atoms with Gasteiger partial charge in [-0.3, -0.25) is 4.68 Å². The van der Waals surface area contributed by atoms with E-state index in [0.717, 1.165) is 24.2 Å². The molecular weight excluding hydrogens is 280 g/mol. The van der Waals surface area contributed by atoms with Crippen LogP contribution in [0, 0.1) is 18.3 Å². The van der Waals surface area contributed by atoms with Gasteiger partial charge >= 0.3 is 0 Å². The van der Waals surface area contributed by atoms with Crippen molar-refractivity contribution in [2.24, 2.45) is 0 Å². The molecule has 114 valence electrons. The van der Waals surface area contributed by atoms with E-state index in [4.69, 9.17) is 10.00 Å². The minimum Gasteiger partial charge on any atom is -0.371 e. The largest absolute Gasteiger partial charge is 0.371 e. The molecule has 2 atom stereocenters. The predicted molar refractivity (Wildman–Crippen MR) is 80.1 cm³/mol. The molecule has 1 N–H and O–H groups in total. The van der Waals surface area contributed by atoms with Crippen molar-refractivity contribution in [2.75, 3.05) is 11.9 Å². The van der Waals surface area contributed by atoms with Crippen LogP contribution in [0.2, 0.25) is 0 Å². The Morgan fingerprint density at radius 2 is 2.36 bits per heavy atom. The van der Waals surface area contributed by atoms with Crippen LogP contribution in [0.25, 0.3) is 0 Å². The number of nitrogens with one attached hydrogen (secondary N) is 1. The third-order valence-electron chi connectivity index (χ3n) is 3.68. The number of aryl methyl sites for hydroxylation is 2. The Morgan fingerprint density at radius 3 is 3.09 bits per heavy atom. The first kappa shape index (κ1) is 14.5. The van der Waals surface area contributed by atoms with E-state index in [-0.39, 0.29) is 12.1 Å². The van der Waals surface area contributed by atoms with E-state index in [1.165, 1.54) is 0 Å². The summed E-state index contributed by atoms with van der Waals surface area (Å²) >= 11 is 0. The van der Waals surface area contributed by atoms with Crippen LogP contribution in [0.3, 0.4) is 0 Å². The topological polar surface area (TPSA) is 88.6 Å². The number of nitriles is 1. The molecule has 0 unspecified atom stereocenters. The third kappa shape index (κ3) is 2.92.